The smallest absolute Gasteiger partial charge is 0.243 e. The minimum Gasteiger partial charge on any atom is -0.398 e. The maximum atomic E-state index is 12.7. The third kappa shape index (κ3) is 2.67. The topological polar surface area (TPSA) is 63.4 Å². The average Bonchev–Trinajstić information content (AvgIpc) is 2.34. The molecule has 0 atom stereocenters. The SMILES string of the molecule is CC1=CCN(S(=O)(=O)c2cc(C)cc(N)c2C)CC1. The van der Waals surface area contributed by atoms with Crippen LogP contribution in [0.1, 0.15) is 24.5 Å². The highest BCUT2D eigenvalue weighted by Gasteiger charge is 2.27. The zero-order valence-electron chi connectivity index (χ0n) is 11.6. The van der Waals surface area contributed by atoms with Gasteiger partial charge in [-0.3, -0.25) is 0 Å². The maximum Gasteiger partial charge on any atom is 0.243 e. The number of nitrogens with two attached hydrogens (primary N) is 1. The van der Waals surface area contributed by atoms with Gasteiger partial charge in [0.25, 0.3) is 0 Å². The summed E-state index contributed by atoms with van der Waals surface area (Å²) in [6.45, 7) is 6.63. The van der Waals surface area contributed by atoms with E-state index in [1.165, 1.54) is 9.88 Å². The molecule has 0 spiro atoms. The van der Waals surface area contributed by atoms with Crippen LogP contribution in [0.5, 0.6) is 0 Å². The summed E-state index contributed by atoms with van der Waals surface area (Å²) in [4.78, 5) is 0.331. The molecule has 0 bridgehead atoms. The van der Waals surface area contributed by atoms with Gasteiger partial charge < -0.3 is 5.73 Å². The summed E-state index contributed by atoms with van der Waals surface area (Å²) in [5.74, 6) is 0. The molecule has 1 heterocycles. The van der Waals surface area contributed by atoms with Crippen LogP contribution in [0, 0.1) is 13.8 Å². The minimum atomic E-state index is -3.45. The van der Waals surface area contributed by atoms with Crippen LogP contribution < -0.4 is 5.73 Å². The van der Waals surface area contributed by atoms with Crippen LogP contribution in [0.4, 0.5) is 5.69 Å². The van der Waals surface area contributed by atoms with Crippen molar-refractivity contribution >= 4 is 15.7 Å². The van der Waals surface area contributed by atoms with Crippen LogP contribution >= 0.6 is 0 Å². The van der Waals surface area contributed by atoms with Crippen molar-refractivity contribution in [1.82, 2.24) is 4.31 Å². The lowest BCUT2D eigenvalue weighted by atomic mass is 10.1. The van der Waals surface area contributed by atoms with Crippen molar-refractivity contribution in [1.29, 1.82) is 0 Å². The second kappa shape index (κ2) is 4.98. The zero-order valence-corrected chi connectivity index (χ0v) is 12.4. The maximum absolute atomic E-state index is 12.7. The Kier molecular flexibility index (Phi) is 3.69. The number of benzene rings is 1. The highest BCUT2D eigenvalue weighted by molar-refractivity contribution is 7.89. The molecule has 0 aliphatic carbocycles. The molecule has 0 unspecified atom stereocenters. The van der Waals surface area contributed by atoms with Gasteiger partial charge in [0.15, 0.2) is 0 Å². The minimum absolute atomic E-state index is 0.331. The first-order valence-corrected chi connectivity index (χ1v) is 7.79. The largest absolute Gasteiger partial charge is 0.398 e. The molecule has 19 heavy (non-hydrogen) atoms. The molecule has 0 aromatic heterocycles. The fraction of sp³-hybridized carbons (Fsp3) is 0.429. The highest BCUT2D eigenvalue weighted by Crippen LogP contribution is 2.27. The molecule has 1 aliphatic heterocycles. The second-order valence-corrected chi connectivity index (χ2v) is 7.05. The van der Waals surface area contributed by atoms with Gasteiger partial charge in [-0.05, 0) is 50.5 Å². The fourth-order valence-electron chi connectivity index (χ4n) is 2.23. The highest BCUT2D eigenvalue weighted by atomic mass is 32.2. The summed E-state index contributed by atoms with van der Waals surface area (Å²) in [6.07, 6.45) is 2.76. The van der Waals surface area contributed by atoms with E-state index in [-0.39, 0.29) is 0 Å². The van der Waals surface area contributed by atoms with E-state index in [4.69, 9.17) is 5.73 Å². The molecule has 5 heteroatoms. The Morgan fingerprint density at radius 2 is 1.89 bits per heavy atom. The first kappa shape index (κ1) is 14.1. The van der Waals surface area contributed by atoms with Gasteiger partial charge in [0.1, 0.15) is 0 Å². The number of aryl methyl sites for hydroxylation is 1. The van der Waals surface area contributed by atoms with Gasteiger partial charge in [-0.25, -0.2) is 8.42 Å². The van der Waals surface area contributed by atoms with Crippen LogP contribution in [0.25, 0.3) is 0 Å². The van der Waals surface area contributed by atoms with E-state index >= 15 is 0 Å². The van der Waals surface area contributed by atoms with E-state index in [1.54, 1.807) is 19.1 Å². The van der Waals surface area contributed by atoms with Crippen molar-refractivity contribution in [2.75, 3.05) is 18.8 Å². The molecule has 1 aliphatic rings. The van der Waals surface area contributed by atoms with Crippen LogP contribution in [-0.4, -0.2) is 25.8 Å². The third-order valence-electron chi connectivity index (χ3n) is 3.56. The molecule has 2 N–H and O–H groups in total. The Balaban J connectivity index is 2.46. The summed E-state index contributed by atoms with van der Waals surface area (Å²) in [6, 6.07) is 3.50. The predicted molar refractivity (Wildman–Crippen MR) is 77.5 cm³/mol. The summed E-state index contributed by atoms with van der Waals surface area (Å²) in [5.41, 5.74) is 9.15. The van der Waals surface area contributed by atoms with Gasteiger partial charge >= 0.3 is 0 Å². The normalized spacial score (nSPS) is 17.3. The van der Waals surface area contributed by atoms with E-state index in [2.05, 4.69) is 0 Å². The number of nitrogens with zero attached hydrogens (tertiary/aromatic N) is 1. The molecule has 1 aromatic carbocycles. The average molecular weight is 280 g/mol. The number of hydrogen-bond acceptors (Lipinski definition) is 3. The van der Waals surface area contributed by atoms with Crippen molar-refractivity contribution in [3.63, 3.8) is 0 Å². The Morgan fingerprint density at radius 3 is 2.47 bits per heavy atom. The second-order valence-electron chi connectivity index (χ2n) is 5.14. The summed E-state index contributed by atoms with van der Waals surface area (Å²) < 4.78 is 26.8. The Hall–Kier alpha value is -1.33. The van der Waals surface area contributed by atoms with Gasteiger partial charge in [0.05, 0.1) is 4.90 Å². The van der Waals surface area contributed by atoms with Crippen LogP contribution in [-0.2, 0) is 10.0 Å². The van der Waals surface area contributed by atoms with E-state index in [0.29, 0.717) is 29.2 Å². The number of anilines is 1. The first-order chi connectivity index (χ1) is 8.82. The lowest BCUT2D eigenvalue weighted by Gasteiger charge is -2.26. The number of rotatable bonds is 2. The van der Waals surface area contributed by atoms with Crippen molar-refractivity contribution in [3.05, 3.63) is 34.9 Å². The van der Waals surface area contributed by atoms with Gasteiger partial charge in [0.2, 0.25) is 10.0 Å². The van der Waals surface area contributed by atoms with E-state index < -0.39 is 10.0 Å². The van der Waals surface area contributed by atoms with Crippen molar-refractivity contribution < 1.29 is 8.42 Å². The summed E-state index contributed by atoms with van der Waals surface area (Å²) in [5, 5.41) is 0. The van der Waals surface area contributed by atoms with Crippen molar-refractivity contribution in [2.45, 2.75) is 32.1 Å². The van der Waals surface area contributed by atoms with Gasteiger partial charge in [-0.2, -0.15) is 4.31 Å². The number of nitrogen functional groups attached to an aromatic ring is 1. The fourth-order valence-corrected chi connectivity index (χ4v) is 3.95. The van der Waals surface area contributed by atoms with Gasteiger partial charge in [-0.15, -0.1) is 0 Å². The van der Waals surface area contributed by atoms with E-state index in [0.717, 1.165) is 12.0 Å². The van der Waals surface area contributed by atoms with Gasteiger partial charge in [0, 0.05) is 18.8 Å². The predicted octanol–water partition coefficient (Wildman–Crippen LogP) is 2.23. The summed E-state index contributed by atoms with van der Waals surface area (Å²) in [7, 11) is -3.45. The van der Waals surface area contributed by atoms with E-state index in [9.17, 15) is 8.42 Å². The molecular formula is C14H20N2O2S. The molecule has 0 saturated heterocycles. The first-order valence-electron chi connectivity index (χ1n) is 6.35. The molecule has 0 radical (unpaired) electrons. The molecule has 2 rings (SSSR count). The molecule has 4 nitrogen and oxygen atoms in total. The molecule has 0 amide bonds. The van der Waals surface area contributed by atoms with Gasteiger partial charge in [-0.1, -0.05) is 11.6 Å². The Morgan fingerprint density at radius 1 is 1.21 bits per heavy atom. The quantitative estimate of drug-likeness (QED) is 0.667. The molecule has 1 aromatic rings. The standard InChI is InChI=1S/C14H20N2O2S/c1-10-4-6-16(7-5-10)19(17,18)14-9-11(2)8-13(15)12(14)3/h4,8-9H,5-7,15H2,1-3H3. The van der Waals surface area contributed by atoms with Crippen LogP contribution in [0.15, 0.2) is 28.7 Å². The zero-order chi connectivity index (χ0) is 14.2. The van der Waals surface area contributed by atoms with Crippen LogP contribution in [0.3, 0.4) is 0 Å². The number of hydrogen-bond donors (Lipinski definition) is 1. The Labute approximate surface area is 115 Å². The lowest BCUT2D eigenvalue weighted by Crippen LogP contribution is -2.35. The lowest BCUT2D eigenvalue weighted by molar-refractivity contribution is 0.431. The monoisotopic (exact) mass is 280 g/mol. The van der Waals surface area contributed by atoms with Crippen LogP contribution in [0.2, 0.25) is 0 Å². The summed E-state index contributed by atoms with van der Waals surface area (Å²) >= 11 is 0. The van der Waals surface area contributed by atoms with E-state index in [1.807, 2.05) is 19.9 Å². The number of sulfonamides is 1. The molecule has 104 valence electrons. The molecular weight excluding hydrogens is 260 g/mol. The molecule has 0 fully saturated rings. The Bertz CT molecular complexity index is 633. The van der Waals surface area contributed by atoms with Crippen molar-refractivity contribution in [3.8, 4) is 0 Å². The molecule has 0 saturated carbocycles. The van der Waals surface area contributed by atoms with Crippen molar-refractivity contribution in [2.24, 2.45) is 0 Å². The third-order valence-corrected chi connectivity index (χ3v) is 5.55.